The lowest BCUT2D eigenvalue weighted by Gasteiger charge is -2.01. The van der Waals surface area contributed by atoms with Crippen LogP contribution in [0.4, 0.5) is 0 Å². The number of aryl methyl sites for hydroxylation is 1. The van der Waals surface area contributed by atoms with E-state index in [4.69, 9.17) is 11.6 Å². The topological polar surface area (TPSA) is 34.1 Å². The highest BCUT2D eigenvalue weighted by atomic mass is 35.5. The summed E-state index contributed by atoms with van der Waals surface area (Å²) in [6.07, 6.45) is 1.15. The smallest absolute Gasteiger partial charge is 0.177 e. The lowest BCUT2D eigenvalue weighted by molar-refractivity contribution is 0.602. The lowest BCUT2D eigenvalue weighted by Crippen LogP contribution is -1.98. The molecule has 1 aromatic rings. The van der Waals surface area contributed by atoms with Crippen LogP contribution in [-0.4, -0.2) is 14.7 Å². The molecule has 0 radical (unpaired) electrons. The molecule has 1 aromatic carbocycles. The quantitative estimate of drug-likeness (QED) is 0.749. The maximum Gasteiger partial charge on any atom is 0.177 e. The van der Waals surface area contributed by atoms with Gasteiger partial charge in [-0.2, -0.15) is 0 Å². The van der Waals surface area contributed by atoms with Gasteiger partial charge in [0.1, 0.15) is 0 Å². The zero-order valence-corrected chi connectivity index (χ0v) is 10.4. The number of rotatable bonds is 1. The fourth-order valence-electron chi connectivity index (χ4n) is 0.895. The van der Waals surface area contributed by atoms with Gasteiger partial charge in [-0.05, 0) is 24.6 Å². The Labute approximate surface area is 90.8 Å². The van der Waals surface area contributed by atoms with Gasteiger partial charge >= 0.3 is 0 Å². The second kappa shape index (κ2) is 5.37. The Morgan fingerprint density at radius 2 is 1.71 bits per heavy atom. The highest BCUT2D eigenvalue weighted by Crippen LogP contribution is 2.21. The molecule has 80 valence electrons. The van der Waals surface area contributed by atoms with Gasteiger partial charge in [0, 0.05) is 6.26 Å². The fraction of sp³-hybridized carbons (Fsp3) is 0.400. The Balaban J connectivity index is 0.000000791. The van der Waals surface area contributed by atoms with Crippen LogP contribution in [0.3, 0.4) is 0 Å². The first kappa shape index (κ1) is 13.5. The molecule has 1 rings (SSSR count). The molecular formula is C10H15ClO2S. The zero-order valence-electron chi connectivity index (χ0n) is 8.83. The predicted octanol–water partition coefficient (Wildman–Crippen LogP) is 3.08. The van der Waals surface area contributed by atoms with Gasteiger partial charge in [-0.3, -0.25) is 0 Å². The van der Waals surface area contributed by atoms with Crippen LogP contribution in [-0.2, 0) is 9.84 Å². The largest absolute Gasteiger partial charge is 0.224 e. The van der Waals surface area contributed by atoms with Crippen molar-refractivity contribution in [1.29, 1.82) is 0 Å². The molecule has 0 N–H and O–H groups in total. The van der Waals surface area contributed by atoms with Crippen LogP contribution in [0.2, 0.25) is 5.02 Å². The third kappa shape index (κ3) is 3.68. The minimum absolute atomic E-state index is 0.198. The highest BCUT2D eigenvalue weighted by Gasteiger charge is 2.11. The van der Waals surface area contributed by atoms with Crippen molar-refractivity contribution in [1.82, 2.24) is 0 Å². The second-order valence-corrected chi connectivity index (χ2v) is 5.10. The number of hydrogen-bond donors (Lipinski definition) is 0. The third-order valence-corrected chi connectivity index (χ3v) is 3.06. The molecule has 0 aliphatic carbocycles. The van der Waals surface area contributed by atoms with Crippen LogP contribution in [0.1, 0.15) is 19.4 Å². The summed E-state index contributed by atoms with van der Waals surface area (Å²) in [5, 5.41) is 0.281. The van der Waals surface area contributed by atoms with Crippen LogP contribution >= 0.6 is 11.6 Å². The molecule has 0 saturated heterocycles. The van der Waals surface area contributed by atoms with E-state index in [2.05, 4.69) is 0 Å². The first-order valence-electron chi connectivity index (χ1n) is 4.37. The molecule has 0 aliphatic rings. The van der Waals surface area contributed by atoms with Crippen molar-refractivity contribution < 1.29 is 8.42 Å². The molecule has 4 heteroatoms. The van der Waals surface area contributed by atoms with Gasteiger partial charge in [0.25, 0.3) is 0 Å². The van der Waals surface area contributed by atoms with Crippen LogP contribution in [0, 0.1) is 6.92 Å². The monoisotopic (exact) mass is 234 g/mol. The van der Waals surface area contributed by atoms with Crippen molar-refractivity contribution in [2.45, 2.75) is 25.7 Å². The summed E-state index contributed by atoms with van der Waals surface area (Å²) >= 11 is 5.70. The van der Waals surface area contributed by atoms with E-state index in [0.717, 1.165) is 11.8 Å². The molecule has 0 amide bonds. The van der Waals surface area contributed by atoms with E-state index in [1.165, 1.54) is 0 Å². The molecule has 14 heavy (non-hydrogen) atoms. The van der Waals surface area contributed by atoms with Gasteiger partial charge < -0.3 is 0 Å². The van der Waals surface area contributed by atoms with Crippen LogP contribution in [0.15, 0.2) is 23.1 Å². The van der Waals surface area contributed by atoms with E-state index in [1.807, 2.05) is 20.8 Å². The van der Waals surface area contributed by atoms with E-state index >= 15 is 0 Å². The summed E-state index contributed by atoms with van der Waals surface area (Å²) in [5.74, 6) is 0. The molecule has 0 unspecified atom stereocenters. The predicted molar refractivity (Wildman–Crippen MR) is 60.6 cm³/mol. The summed E-state index contributed by atoms with van der Waals surface area (Å²) in [4.78, 5) is 0.198. The Morgan fingerprint density at radius 3 is 2.07 bits per heavy atom. The van der Waals surface area contributed by atoms with Gasteiger partial charge in [-0.25, -0.2) is 8.42 Å². The molecule has 0 aromatic heterocycles. The van der Waals surface area contributed by atoms with Crippen molar-refractivity contribution in [3.05, 3.63) is 28.8 Å². The normalized spacial score (nSPS) is 10.4. The van der Waals surface area contributed by atoms with E-state index in [1.54, 1.807) is 18.2 Å². The zero-order chi connectivity index (χ0) is 11.4. The minimum atomic E-state index is -3.19. The number of hydrogen-bond acceptors (Lipinski definition) is 2. The molecule has 0 aliphatic heterocycles. The van der Waals surface area contributed by atoms with Gasteiger partial charge in [0.2, 0.25) is 0 Å². The van der Waals surface area contributed by atoms with Crippen LogP contribution in [0.5, 0.6) is 0 Å². The van der Waals surface area contributed by atoms with Crippen LogP contribution in [0.25, 0.3) is 0 Å². The van der Waals surface area contributed by atoms with Crippen molar-refractivity contribution in [3.63, 3.8) is 0 Å². The van der Waals surface area contributed by atoms with E-state index in [9.17, 15) is 8.42 Å². The average Bonchev–Trinajstić information content (AvgIpc) is 2.11. The molecular weight excluding hydrogens is 220 g/mol. The SMILES string of the molecule is CC.Cc1ccc(Cl)c(S(C)(=O)=O)c1. The first-order valence-corrected chi connectivity index (χ1v) is 6.64. The van der Waals surface area contributed by atoms with Crippen molar-refractivity contribution >= 4 is 21.4 Å². The molecule has 0 fully saturated rings. The maximum absolute atomic E-state index is 11.1. The van der Waals surface area contributed by atoms with Gasteiger partial charge in [-0.15, -0.1) is 0 Å². The number of sulfone groups is 1. The summed E-state index contributed by atoms with van der Waals surface area (Å²) in [5.41, 5.74) is 0.889. The maximum atomic E-state index is 11.1. The molecule has 0 atom stereocenters. The number of halogens is 1. The standard InChI is InChI=1S/C8H9ClO2S.C2H6/c1-6-3-4-7(9)8(5-6)12(2,10)11;1-2/h3-5H,1-2H3;1-2H3. The van der Waals surface area contributed by atoms with Crippen molar-refractivity contribution in [2.24, 2.45) is 0 Å². The highest BCUT2D eigenvalue weighted by molar-refractivity contribution is 7.90. The molecule has 0 bridgehead atoms. The second-order valence-electron chi connectivity index (χ2n) is 2.71. The summed E-state index contributed by atoms with van der Waals surface area (Å²) in [7, 11) is -3.19. The Morgan fingerprint density at radius 1 is 1.21 bits per heavy atom. The van der Waals surface area contributed by atoms with E-state index < -0.39 is 9.84 Å². The Hall–Kier alpha value is -0.540. The van der Waals surface area contributed by atoms with Crippen molar-refractivity contribution in [2.75, 3.05) is 6.26 Å². The molecule has 0 heterocycles. The van der Waals surface area contributed by atoms with Gasteiger partial charge in [0.15, 0.2) is 9.84 Å². The van der Waals surface area contributed by atoms with Gasteiger partial charge in [-0.1, -0.05) is 31.5 Å². The summed E-state index contributed by atoms with van der Waals surface area (Å²) < 4.78 is 22.2. The van der Waals surface area contributed by atoms with Crippen LogP contribution < -0.4 is 0 Å². The minimum Gasteiger partial charge on any atom is -0.224 e. The lowest BCUT2D eigenvalue weighted by atomic mass is 10.2. The van der Waals surface area contributed by atoms with Gasteiger partial charge in [0.05, 0.1) is 9.92 Å². The molecule has 2 nitrogen and oxygen atoms in total. The summed E-state index contributed by atoms with van der Waals surface area (Å²) in [6.45, 7) is 5.82. The summed E-state index contributed by atoms with van der Waals surface area (Å²) in [6, 6.07) is 4.93. The number of benzene rings is 1. The van der Waals surface area contributed by atoms with E-state index in [0.29, 0.717) is 0 Å². The fourth-order valence-corrected chi connectivity index (χ4v) is 2.25. The average molecular weight is 235 g/mol. The first-order chi connectivity index (χ1) is 6.41. The Bertz CT molecular complexity index is 397. The third-order valence-electron chi connectivity index (χ3n) is 1.49. The molecule has 0 saturated carbocycles. The molecule has 0 spiro atoms. The van der Waals surface area contributed by atoms with Crippen molar-refractivity contribution in [3.8, 4) is 0 Å². The van der Waals surface area contributed by atoms with E-state index in [-0.39, 0.29) is 9.92 Å². The Kier molecular flexibility index (Phi) is 5.16.